The molecule has 0 saturated carbocycles. The summed E-state index contributed by atoms with van der Waals surface area (Å²) in [6, 6.07) is 10.6. The molecular formula is C21H37NO. The molecule has 23 heavy (non-hydrogen) atoms. The Morgan fingerprint density at radius 3 is 1.78 bits per heavy atom. The highest BCUT2D eigenvalue weighted by atomic mass is 16.5. The summed E-state index contributed by atoms with van der Waals surface area (Å²) in [5, 5.41) is 3.65. The van der Waals surface area contributed by atoms with Crippen LogP contribution in [0.15, 0.2) is 30.3 Å². The Balaban J connectivity index is 2.77. The van der Waals surface area contributed by atoms with Gasteiger partial charge in [0.25, 0.3) is 0 Å². The maximum Gasteiger partial charge on any atom is 0.106 e. The smallest absolute Gasteiger partial charge is 0.106 e. The average Bonchev–Trinajstić information content (AvgIpc) is 2.36. The Morgan fingerprint density at radius 1 is 0.870 bits per heavy atom. The monoisotopic (exact) mass is 319 g/mol. The van der Waals surface area contributed by atoms with E-state index in [0.717, 1.165) is 12.8 Å². The van der Waals surface area contributed by atoms with Crippen molar-refractivity contribution < 1.29 is 4.74 Å². The van der Waals surface area contributed by atoms with E-state index in [1.807, 2.05) is 0 Å². The lowest BCUT2D eigenvalue weighted by atomic mass is 9.86. The molecule has 1 unspecified atom stereocenters. The van der Waals surface area contributed by atoms with E-state index in [1.165, 1.54) is 5.56 Å². The molecule has 1 atom stereocenters. The van der Waals surface area contributed by atoms with E-state index in [2.05, 4.69) is 91.0 Å². The Hall–Kier alpha value is -0.860. The van der Waals surface area contributed by atoms with Crippen LogP contribution in [0.4, 0.5) is 0 Å². The van der Waals surface area contributed by atoms with Gasteiger partial charge < -0.3 is 4.74 Å². The molecule has 2 nitrogen and oxygen atoms in total. The summed E-state index contributed by atoms with van der Waals surface area (Å²) in [5.74, 6) is 1.26. The van der Waals surface area contributed by atoms with Crippen LogP contribution < -0.4 is 5.32 Å². The molecule has 132 valence electrons. The van der Waals surface area contributed by atoms with Gasteiger partial charge in [0.05, 0.1) is 5.60 Å². The first-order valence-corrected chi connectivity index (χ1v) is 9.05. The topological polar surface area (TPSA) is 21.3 Å². The van der Waals surface area contributed by atoms with E-state index in [0.29, 0.717) is 11.8 Å². The lowest BCUT2D eigenvalue weighted by molar-refractivity contribution is -0.116. The van der Waals surface area contributed by atoms with E-state index < -0.39 is 0 Å². The highest BCUT2D eigenvalue weighted by Crippen LogP contribution is 2.30. The highest BCUT2D eigenvalue weighted by Gasteiger charge is 2.31. The van der Waals surface area contributed by atoms with Crippen LogP contribution in [0.3, 0.4) is 0 Å². The third kappa shape index (κ3) is 7.05. The summed E-state index contributed by atoms with van der Waals surface area (Å²) >= 11 is 0. The van der Waals surface area contributed by atoms with E-state index in [1.54, 1.807) is 0 Å². The largest absolute Gasteiger partial charge is 0.357 e. The van der Waals surface area contributed by atoms with Gasteiger partial charge in [0.1, 0.15) is 6.23 Å². The molecule has 0 spiro atoms. The van der Waals surface area contributed by atoms with Crippen molar-refractivity contribution in [2.45, 2.75) is 85.6 Å². The highest BCUT2D eigenvalue weighted by molar-refractivity contribution is 5.22. The first-order valence-electron chi connectivity index (χ1n) is 9.05. The third-order valence-corrected chi connectivity index (χ3v) is 4.20. The molecule has 1 rings (SSSR count). The number of rotatable bonds is 9. The lowest BCUT2D eigenvalue weighted by Crippen LogP contribution is -2.48. The zero-order valence-corrected chi connectivity index (χ0v) is 16.4. The van der Waals surface area contributed by atoms with Crippen LogP contribution in [0.25, 0.3) is 0 Å². The van der Waals surface area contributed by atoms with Gasteiger partial charge in [-0.2, -0.15) is 0 Å². The predicted octanol–water partition coefficient (Wildman–Crippen LogP) is 5.72. The minimum absolute atomic E-state index is 0.00714. The first-order chi connectivity index (χ1) is 10.5. The molecular weight excluding hydrogens is 282 g/mol. The molecule has 0 fully saturated rings. The molecule has 1 N–H and O–H groups in total. The number of ether oxygens (including phenoxy) is 1. The van der Waals surface area contributed by atoms with Crippen LogP contribution in [0.2, 0.25) is 0 Å². The SMILES string of the molecule is CC(C)CC(C)(CC(C)C)OC(C)NC(C)(C)c1ccccc1. The molecule has 0 saturated heterocycles. The molecule has 0 aliphatic heterocycles. The van der Waals surface area contributed by atoms with Gasteiger partial charge >= 0.3 is 0 Å². The maximum absolute atomic E-state index is 6.51. The van der Waals surface area contributed by atoms with Gasteiger partial charge in [-0.1, -0.05) is 58.0 Å². The molecule has 0 amide bonds. The second-order valence-corrected chi connectivity index (χ2v) is 8.54. The van der Waals surface area contributed by atoms with Gasteiger partial charge in [-0.25, -0.2) is 0 Å². The number of nitrogens with one attached hydrogen (secondary N) is 1. The van der Waals surface area contributed by atoms with Gasteiger partial charge in [-0.05, 0) is 57.9 Å². The van der Waals surface area contributed by atoms with Crippen molar-refractivity contribution in [3.63, 3.8) is 0 Å². The zero-order chi connectivity index (χ0) is 17.7. The average molecular weight is 320 g/mol. The first kappa shape index (κ1) is 20.2. The fourth-order valence-corrected chi connectivity index (χ4v) is 3.81. The van der Waals surface area contributed by atoms with Crippen molar-refractivity contribution in [1.29, 1.82) is 0 Å². The number of hydrogen-bond donors (Lipinski definition) is 1. The fraction of sp³-hybridized carbons (Fsp3) is 0.714. The van der Waals surface area contributed by atoms with Crippen LogP contribution in [0, 0.1) is 11.8 Å². The van der Waals surface area contributed by atoms with Gasteiger partial charge in [0.2, 0.25) is 0 Å². The second kappa shape index (κ2) is 8.30. The fourth-order valence-electron chi connectivity index (χ4n) is 3.81. The Bertz CT molecular complexity index is 440. The summed E-state index contributed by atoms with van der Waals surface area (Å²) in [5.41, 5.74) is 1.09. The summed E-state index contributed by atoms with van der Waals surface area (Å²) in [7, 11) is 0. The van der Waals surface area contributed by atoms with Crippen LogP contribution in [0.5, 0.6) is 0 Å². The normalized spacial score (nSPS) is 14.5. The van der Waals surface area contributed by atoms with Crippen molar-refractivity contribution >= 4 is 0 Å². The Morgan fingerprint density at radius 2 is 1.35 bits per heavy atom. The van der Waals surface area contributed by atoms with Crippen molar-refractivity contribution in [3.8, 4) is 0 Å². The van der Waals surface area contributed by atoms with Gasteiger partial charge in [0.15, 0.2) is 0 Å². The molecule has 0 aromatic heterocycles. The van der Waals surface area contributed by atoms with Gasteiger partial charge in [-0.15, -0.1) is 0 Å². The predicted molar refractivity (Wildman–Crippen MR) is 100 cm³/mol. The molecule has 0 bridgehead atoms. The van der Waals surface area contributed by atoms with E-state index >= 15 is 0 Å². The molecule has 0 aliphatic rings. The van der Waals surface area contributed by atoms with Crippen LogP contribution in [-0.4, -0.2) is 11.8 Å². The molecule has 2 heteroatoms. The minimum Gasteiger partial charge on any atom is -0.357 e. The standard InChI is InChI=1S/C21H37NO/c1-16(2)14-21(8,15-17(3)4)23-18(5)22-20(6,7)19-12-10-9-11-13-19/h9-13,16-18,22H,14-15H2,1-8H3. The Labute approximate surface area is 144 Å². The number of benzene rings is 1. The van der Waals surface area contributed by atoms with Gasteiger partial charge in [-0.3, -0.25) is 5.32 Å². The van der Waals surface area contributed by atoms with Crippen molar-refractivity contribution in [2.24, 2.45) is 11.8 Å². The summed E-state index contributed by atoms with van der Waals surface area (Å²) in [6.07, 6.45) is 2.18. The van der Waals surface area contributed by atoms with Crippen molar-refractivity contribution in [3.05, 3.63) is 35.9 Å². The van der Waals surface area contributed by atoms with E-state index in [9.17, 15) is 0 Å². The molecule has 0 radical (unpaired) electrons. The third-order valence-electron chi connectivity index (χ3n) is 4.20. The van der Waals surface area contributed by atoms with Crippen molar-refractivity contribution in [1.82, 2.24) is 5.32 Å². The summed E-state index contributed by atoms with van der Waals surface area (Å²) < 4.78 is 6.51. The lowest BCUT2D eigenvalue weighted by Gasteiger charge is -2.39. The molecule has 1 aromatic carbocycles. The van der Waals surface area contributed by atoms with Crippen molar-refractivity contribution in [2.75, 3.05) is 0 Å². The maximum atomic E-state index is 6.51. The minimum atomic E-state index is -0.114. The Kier molecular flexibility index (Phi) is 7.29. The zero-order valence-electron chi connectivity index (χ0n) is 16.4. The van der Waals surface area contributed by atoms with Gasteiger partial charge in [0, 0.05) is 5.54 Å². The van der Waals surface area contributed by atoms with E-state index in [-0.39, 0.29) is 17.4 Å². The quantitative estimate of drug-likeness (QED) is 0.587. The second-order valence-electron chi connectivity index (χ2n) is 8.54. The molecule has 1 aromatic rings. The van der Waals surface area contributed by atoms with Crippen LogP contribution >= 0.6 is 0 Å². The van der Waals surface area contributed by atoms with E-state index in [4.69, 9.17) is 4.74 Å². The summed E-state index contributed by atoms with van der Waals surface area (Å²) in [6.45, 7) is 17.9. The summed E-state index contributed by atoms with van der Waals surface area (Å²) in [4.78, 5) is 0. The molecule has 0 aliphatic carbocycles. The molecule has 0 heterocycles. The van der Waals surface area contributed by atoms with Crippen LogP contribution in [0.1, 0.15) is 73.8 Å². The van der Waals surface area contributed by atoms with Crippen LogP contribution in [-0.2, 0) is 10.3 Å². The number of hydrogen-bond acceptors (Lipinski definition) is 2.